The quantitative estimate of drug-likeness (QED) is 0.656. The van der Waals surface area contributed by atoms with Gasteiger partial charge in [0.25, 0.3) is 0 Å². The van der Waals surface area contributed by atoms with Crippen LogP contribution in [0.25, 0.3) is 0 Å². The highest BCUT2D eigenvalue weighted by molar-refractivity contribution is 7.07. The van der Waals surface area contributed by atoms with Gasteiger partial charge in [0.2, 0.25) is 0 Å². The third-order valence-corrected chi connectivity index (χ3v) is 5.09. The van der Waals surface area contributed by atoms with E-state index in [9.17, 15) is 0 Å². The van der Waals surface area contributed by atoms with E-state index in [0.29, 0.717) is 11.8 Å². The van der Waals surface area contributed by atoms with Crippen molar-refractivity contribution >= 4 is 17.3 Å². The number of hydrogen-bond donors (Lipinski definition) is 2. The molecule has 1 aromatic heterocycles. The summed E-state index contributed by atoms with van der Waals surface area (Å²) in [5, 5.41) is 11.2. The van der Waals surface area contributed by atoms with Crippen LogP contribution in [-0.2, 0) is 6.42 Å². The lowest BCUT2D eigenvalue weighted by atomic mass is 9.78. The van der Waals surface area contributed by atoms with Gasteiger partial charge in [-0.15, -0.1) is 0 Å². The molecule has 3 rings (SSSR count). The first kappa shape index (κ1) is 15.1. The van der Waals surface area contributed by atoms with E-state index in [2.05, 4.69) is 63.6 Å². The van der Waals surface area contributed by atoms with Gasteiger partial charge in [0.05, 0.1) is 0 Å². The van der Waals surface area contributed by atoms with Gasteiger partial charge < -0.3 is 10.6 Å². The van der Waals surface area contributed by atoms with Gasteiger partial charge in [-0.3, -0.25) is 4.99 Å². The summed E-state index contributed by atoms with van der Waals surface area (Å²) in [6.07, 6.45) is 1.17. The average Bonchev–Trinajstić information content (AvgIpc) is 3.05. The zero-order chi connectivity index (χ0) is 15.4. The maximum Gasteiger partial charge on any atom is 0.191 e. The molecule has 2 N–H and O–H groups in total. The maximum atomic E-state index is 4.32. The Morgan fingerprint density at radius 2 is 2.18 bits per heavy atom. The van der Waals surface area contributed by atoms with Crippen LogP contribution in [0.3, 0.4) is 0 Å². The van der Waals surface area contributed by atoms with Gasteiger partial charge in [0.1, 0.15) is 0 Å². The lowest BCUT2D eigenvalue weighted by Crippen LogP contribution is -2.42. The SMILES string of the molecule is CN=C(NCC(C)c1ccsc1)NCC1Cc2ccccc21. The molecule has 0 saturated carbocycles. The number of nitrogens with zero attached hydrogens (tertiary/aromatic N) is 1. The van der Waals surface area contributed by atoms with E-state index >= 15 is 0 Å². The van der Waals surface area contributed by atoms with E-state index < -0.39 is 0 Å². The van der Waals surface area contributed by atoms with Crippen molar-refractivity contribution in [1.29, 1.82) is 0 Å². The number of hydrogen-bond acceptors (Lipinski definition) is 2. The number of guanidine groups is 1. The number of benzene rings is 1. The molecule has 2 unspecified atom stereocenters. The van der Waals surface area contributed by atoms with Gasteiger partial charge in [-0.2, -0.15) is 11.3 Å². The summed E-state index contributed by atoms with van der Waals surface area (Å²) in [5.74, 6) is 2.00. The Morgan fingerprint density at radius 1 is 1.32 bits per heavy atom. The molecule has 1 heterocycles. The molecule has 1 aliphatic carbocycles. The van der Waals surface area contributed by atoms with Crippen molar-refractivity contribution in [3.05, 3.63) is 57.8 Å². The lowest BCUT2D eigenvalue weighted by Gasteiger charge is -2.30. The molecule has 1 aromatic carbocycles. The monoisotopic (exact) mass is 313 g/mol. The molecule has 2 atom stereocenters. The fraction of sp³-hybridized carbons (Fsp3) is 0.389. The summed E-state index contributed by atoms with van der Waals surface area (Å²) >= 11 is 1.75. The van der Waals surface area contributed by atoms with Gasteiger partial charge in [0.15, 0.2) is 5.96 Å². The van der Waals surface area contributed by atoms with Crippen molar-refractivity contribution in [3.8, 4) is 0 Å². The van der Waals surface area contributed by atoms with Crippen LogP contribution in [-0.4, -0.2) is 26.1 Å². The Hall–Kier alpha value is -1.81. The topological polar surface area (TPSA) is 36.4 Å². The minimum Gasteiger partial charge on any atom is -0.356 e. The Bertz CT molecular complexity index is 634. The number of thiophene rings is 1. The number of aliphatic imine (C=N–C) groups is 1. The number of rotatable bonds is 5. The molecule has 1 aliphatic rings. The minimum atomic E-state index is 0.495. The molecule has 0 amide bonds. The molecule has 0 spiro atoms. The van der Waals surface area contributed by atoms with Crippen LogP contribution in [0.1, 0.15) is 35.4 Å². The number of fused-ring (bicyclic) bond motifs is 1. The van der Waals surface area contributed by atoms with Crippen LogP contribution in [0.5, 0.6) is 0 Å². The molecule has 4 heteroatoms. The first-order chi connectivity index (χ1) is 10.8. The first-order valence-corrected chi connectivity index (χ1v) is 8.76. The Balaban J connectivity index is 1.45. The van der Waals surface area contributed by atoms with Crippen molar-refractivity contribution in [2.24, 2.45) is 4.99 Å². The molecule has 0 radical (unpaired) electrons. The summed E-state index contributed by atoms with van der Waals surface area (Å²) in [5.41, 5.74) is 4.36. The lowest BCUT2D eigenvalue weighted by molar-refractivity contribution is 0.581. The Kier molecular flexibility index (Phi) is 4.78. The molecule has 22 heavy (non-hydrogen) atoms. The summed E-state index contributed by atoms with van der Waals surface area (Å²) < 4.78 is 0. The first-order valence-electron chi connectivity index (χ1n) is 7.82. The smallest absolute Gasteiger partial charge is 0.191 e. The number of nitrogens with one attached hydrogen (secondary N) is 2. The van der Waals surface area contributed by atoms with Gasteiger partial charge >= 0.3 is 0 Å². The van der Waals surface area contributed by atoms with Gasteiger partial charge in [-0.05, 0) is 45.9 Å². The average molecular weight is 313 g/mol. The van der Waals surface area contributed by atoms with Crippen LogP contribution in [0, 0.1) is 0 Å². The molecule has 0 aliphatic heterocycles. The molecule has 3 nitrogen and oxygen atoms in total. The third-order valence-electron chi connectivity index (χ3n) is 4.39. The van der Waals surface area contributed by atoms with Crippen molar-refractivity contribution in [2.45, 2.75) is 25.2 Å². The summed E-state index contributed by atoms with van der Waals surface area (Å²) in [6.45, 7) is 4.09. The third kappa shape index (κ3) is 3.33. The molecular formula is C18H23N3S. The fourth-order valence-electron chi connectivity index (χ4n) is 2.91. The highest BCUT2D eigenvalue weighted by Gasteiger charge is 2.25. The Labute approximate surface area is 136 Å². The van der Waals surface area contributed by atoms with Crippen LogP contribution in [0.4, 0.5) is 0 Å². The van der Waals surface area contributed by atoms with Crippen LogP contribution in [0.15, 0.2) is 46.1 Å². The van der Waals surface area contributed by atoms with Gasteiger partial charge in [-0.25, -0.2) is 0 Å². The summed E-state index contributed by atoms with van der Waals surface area (Å²) in [4.78, 5) is 4.32. The zero-order valence-corrected chi connectivity index (χ0v) is 14.0. The second-order valence-electron chi connectivity index (χ2n) is 5.89. The maximum absolute atomic E-state index is 4.32. The highest BCUT2D eigenvalue weighted by atomic mass is 32.1. The van der Waals surface area contributed by atoms with E-state index in [4.69, 9.17) is 0 Å². The standard InChI is InChI=1S/C18H23N3S/c1-13(15-7-8-22-12-15)10-20-18(19-2)21-11-16-9-14-5-3-4-6-17(14)16/h3-8,12-13,16H,9-11H2,1-2H3,(H2,19,20,21). The molecule has 0 bridgehead atoms. The summed E-state index contributed by atoms with van der Waals surface area (Å²) in [6, 6.07) is 10.9. The van der Waals surface area contributed by atoms with E-state index in [0.717, 1.165) is 19.0 Å². The predicted octanol–water partition coefficient (Wildman–Crippen LogP) is 3.36. The van der Waals surface area contributed by atoms with Gasteiger partial charge in [-0.1, -0.05) is 31.2 Å². The highest BCUT2D eigenvalue weighted by Crippen LogP contribution is 2.33. The van der Waals surface area contributed by atoms with Crippen molar-refractivity contribution in [3.63, 3.8) is 0 Å². The molecule has 2 aromatic rings. The van der Waals surface area contributed by atoms with E-state index in [1.807, 2.05) is 7.05 Å². The van der Waals surface area contributed by atoms with Gasteiger partial charge in [0, 0.05) is 26.1 Å². The summed E-state index contributed by atoms with van der Waals surface area (Å²) in [7, 11) is 1.83. The van der Waals surface area contributed by atoms with Crippen LogP contribution < -0.4 is 10.6 Å². The minimum absolute atomic E-state index is 0.495. The molecule has 0 saturated heterocycles. The van der Waals surface area contributed by atoms with E-state index in [1.54, 1.807) is 11.3 Å². The van der Waals surface area contributed by atoms with Crippen molar-refractivity contribution < 1.29 is 0 Å². The largest absolute Gasteiger partial charge is 0.356 e. The van der Waals surface area contributed by atoms with Crippen molar-refractivity contribution in [2.75, 3.05) is 20.1 Å². The zero-order valence-electron chi connectivity index (χ0n) is 13.2. The van der Waals surface area contributed by atoms with Crippen LogP contribution >= 0.6 is 11.3 Å². The van der Waals surface area contributed by atoms with Crippen molar-refractivity contribution in [1.82, 2.24) is 10.6 Å². The van der Waals surface area contributed by atoms with Crippen LogP contribution in [0.2, 0.25) is 0 Å². The fourth-order valence-corrected chi connectivity index (χ4v) is 3.69. The van der Waals surface area contributed by atoms with E-state index in [-0.39, 0.29) is 0 Å². The molecule has 116 valence electrons. The Morgan fingerprint density at radius 3 is 2.91 bits per heavy atom. The second kappa shape index (κ2) is 6.97. The normalized spacial score (nSPS) is 18.3. The predicted molar refractivity (Wildman–Crippen MR) is 95.0 cm³/mol. The molecular weight excluding hydrogens is 290 g/mol. The second-order valence-corrected chi connectivity index (χ2v) is 6.67. The molecule has 0 fully saturated rings. The van der Waals surface area contributed by atoms with E-state index in [1.165, 1.54) is 23.1 Å².